The SMILES string of the molecule is CCNC(=NCC1CCCOC1C(C)(C)C)NCCCc1ccc(OC)c(OC)c1. The van der Waals surface area contributed by atoms with Gasteiger partial charge in [-0.05, 0) is 55.7 Å². The van der Waals surface area contributed by atoms with Gasteiger partial charge in [0.25, 0.3) is 0 Å². The van der Waals surface area contributed by atoms with E-state index in [1.54, 1.807) is 14.2 Å². The lowest BCUT2D eigenvalue weighted by Crippen LogP contribution is -2.43. The highest BCUT2D eigenvalue weighted by Gasteiger charge is 2.35. The van der Waals surface area contributed by atoms with Crippen molar-refractivity contribution in [2.24, 2.45) is 16.3 Å². The van der Waals surface area contributed by atoms with Gasteiger partial charge in [0.2, 0.25) is 0 Å². The minimum Gasteiger partial charge on any atom is -0.493 e. The van der Waals surface area contributed by atoms with Crippen LogP contribution in [0.5, 0.6) is 11.5 Å². The first-order chi connectivity index (χ1) is 14.4. The van der Waals surface area contributed by atoms with E-state index >= 15 is 0 Å². The van der Waals surface area contributed by atoms with Gasteiger partial charge in [0.1, 0.15) is 0 Å². The zero-order chi connectivity index (χ0) is 22.0. The van der Waals surface area contributed by atoms with Gasteiger partial charge in [-0.25, -0.2) is 0 Å². The maximum absolute atomic E-state index is 6.10. The number of nitrogens with zero attached hydrogens (tertiary/aromatic N) is 1. The average molecular weight is 420 g/mol. The minimum atomic E-state index is 0.145. The molecule has 1 aliphatic rings. The maximum Gasteiger partial charge on any atom is 0.191 e. The van der Waals surface area contributed by atoms with Crippen LogP contribution >= 0.6 is 0 Å². The van der Waals surface area contributed by atoms with E-state index < -0.39 is 0 Å². The number of hydrogen-bond donors (Lipinski definition) is 2. The summed E-state index contributed by atoms with van der Waals surface area (Å²) in [4.78, 5) is 4.87. The summed E-state index contributed by atoms with van der Waals surface area (Å²) in [6.45, 7) is 12.3. The molecule has 2 unspecified atom stereocenters. The van der Waals surface area contributed by atoms with Gasteiger partial charge in [-0.15, -0.1) is 0 Å². The molecular formula is C24H41N3O3. The van der Waals surface area contributed by atoms with Gasteiger partial charge in [-0.3, -0.25) is 4.99 Å². The molecule has 1 heterocycles. The van der Waals surface area contributed by atoms with Gasteiger partial charge in [-0.2, -0.15) is 0 Å². The molecule has 1 aliphatic heterocycles. The lowest BCUT2D eigenvalue weighted by Gasteiger charge is -2.39. The first-order valence-electron chi connectivity index (χ1n) is 11.2. The topological polar surface area (TPSA) is 64.1 Å². The Balaban J connectivity index is 1.86. The smallest absolute Gasteiger partial charge is 0.191 e. The van der Waals surface area contributed by atoms with Crippen molar-refractivity contribution in [2.75, 3.05) is 40.5 Å². The predicted molar refractivity (Wildman–Crippen MR) is 124 cm³/mol. The van der Waals surface area contributed by atoms with Crippen LogP contribution in [0.1, 0.15) is 52.5 Å². The molecule has 0 radical (unpaired) electrons. The Bertz CT molecular complexity index is 670. The molecule has 170 valence electrons. The molecular weight excluding hydrogens is 378 g/mol. The second kappa shape index (κ2) is 12.0. The Kier molecular flexibility index (Phi) is 9.76. The van der Waals surface area contributed by atoms with Crippen molar-refractivity contribution in [3.05, 3.63) is 23.8 Å². The molecule has 30 heavy (non-hydrogen) atoms. The molecule has 6 heteroatoms. The molecule has 1 aromatic rings. The van der Waals surface area contributed by atoms with Crippen LogP contribution in [-0.2, 0) is 11.2 Å². The molecule has 1 saturated heterocycles. The molecule has 0 spiro atoms. The third-order valence-electron chi connectivity index (χ3n) is 5.51. The van der Waals surface area contributed by atoms with Gasteiger partial charge >= 0.3 is 0 Å². The largest absolute Gasteiger partial charge is 0.493 e. The van der Waals surface area contributed by atoms with E-state index in [1.165, 1.54) is 12.0 Å². The number of nitrogens with one attached hydrogen (secondary N) is 2. The van der Waals surface area contributed by atoms with Gasteiger partial charge in [-0.1, -0.05) is 26.8 Å². The summed E-state index contributed by atoms with van der Waals surface area (Å²) in [5, 5.41) is 6.85. The van der Waals surface area contributed by atoms with Gasteiger partial charge in [0, 0.05) is 32.2 Å². The van der Waals surface area contributed by atoms with E-state index in [0.29, 0.717) is 5.92 Å². The van der Waals surface area contributed by atoms with E-state index in [4.69, 9.17) is 19.2 Å². The van der Waals surface area contributed by atoms with Crippen LogP contribution in [0.2, 0.25) is 0 Å². The lowest BCUT2D eigenvalue weighted by molar-refractivity contribution is -0.0823. The zero-order valence-electron chi connectivity index (χ0n) is 19.7. The quantitative estimate of drug-likeness (QED) is 0.359. The Morgan fingerprint density at radius 1 is 1.17 bits per heavy atom. The third-order valence-corrected chi connectivity index (χ3v) is 5.51. The highest BCUT2D eigenvalue weighted by atomic mass is 16.5. The van der Waals surface area contributed by atoms with Gasteiger partial charge in [0.05, 0.1) is 20.3 Å². The number of hydrogen-bond acceptors (Lipinski definition) is 4. The van der Waals surface area contributed by atoms with Crippen molar-refractivity contribution >= 4 is 5.96 Å². The molecule has 1 aromatic carbocycles. The van der Waals surface area contributed by atoms with Crippen LogP contribution in [0.3, 0.4) is 0 Å². The summed E-state index contributed by atoms with van der Waals surface area (Å²) in [6.07, 6.45) is 4.56. The number of rotatable bonds is 9. The van der Waals surface area contributed by atoms with E-state index in [-0.39, 0.29) is 11.5 Å². The normalized spacial score (nSPS) is 20.0. The molecule has 6 nitrogen and oxygen atoms in total. The number of aryl methyl sites for hydroxylation is 1. The van der Waals surface area contributed by atoms with Crippen molar-refractivity contribution in [1.82, 2.24) is 10.6 Å². The molecule has 1 fully saturated rings. The fourth-order valence-electron chi connectivity index (χ4n) is 4.07. The van der Waals surface area contributed by atoms with Crippen LogP contribution in [0.15, 0.2) is 23.2 Å². The summed E-state index contributed by atoms with van der Waals surface area (Å²) in [6, 6.07) is 6.11. The summed E-state index contributed by atoms with van der Waals surface area (Å²) in [5.41, 5.74) is 1.38. The fourth-order valence-corrected chi connectivity index (χ4v) is 4.07. The van der Waals surface area contributed by atoms with Crippen molar-refractivity contribution in [2.45, 2.75) is 59.5 Å². The Hall–Kier alpha value is -1.95. The van der Waals surface area contributed by atoms with Gasteiger partial charge in [0.15, 0.2) is 17.5 Å². The average Bonchev–Trinajstić information content (AvgIpc) is 2.74. The molecule has 0 saturated carbocycles. The fraction of sp³-hybridized carbons (Fsp3) is 0.708. The molecule has 0 aromatic heterocycles. The number of guanidine groups is 1. The number of methoxy groups -OCH3 is 2. The van der Waals surface area contributed by atoms with Crippen LogP contribution in [-0.4, -0.2) is 52.5 Å². The van der Waals surface area contributed by atoms with Crippen LogP contribution in [0, 0.1) is 11.3 Å². The first-order valence-corrected chi connectivity index (χ1v) is 11.2. The lowest BCUT2D eigenvalue weighted by atomic mass is 9.78. The van der Waals surface area contributed by atoms with E-state index in [9.17, 15) is 0 Å². The van der Waals surface area contributed by atoms with Crippen LogP contribution in [0.4, 0.5) is 0 Å². The highest BCUT2D eigenvalue weighted by molar-refractivity contribution is 5.79. The van der Waals surface area contributed by atoms with E-state index in [0.717, 1.165) is 63.0 Å². The van der Waals surface area contributed by atoms with Crippen molar-refractivity contribution in [3.8, 4) is 11.5 Å². The Morgan fingerprint density at radius 3 is 2.60 bits per heavy atom. The number of aliphatic imine (C=N–C) groups is 1. The number of ether oxygens (including phenoxy) is 3. The van der Waals surface area contributed by atoms with Crippen molar-refractivity contribution in [3.63, 3.8) is 0 Å². The third kappa shape index (κ3) is 7.38. The number of benzene rings is 1. The summed E-state index contributed by atoms with van der Waals surface area (Å²) < 4.78 is 16.8. The maximum atomic E-state index is 6.10. The highest BCUT2D eigenvalue weighted by Crippen LogP contribution is 2.34. The van der Waals surface area contributed by atoms with E-state index in [2.05, 4.69) is 44.4 Å². The first kappa shape index (κ1) is 24.3. The predicted octanol–water partition coefficient (Wildman–Crippen LogP) is 4.03. The molecule has 2 atom stereocenters. The standard InChI is InChI=1S/C24H41N3O3/c1-7-25-23(27-17-19-11-9-15-30-22(19)24(2,3)4)26-14-8-10-18-12-13-20(28-5)21(16-18)29-6/h12-13,16,19,22H,7-11,14-15,17H2,1-6H3,(H2,25,26,27). The van der Waals surface area contributed by atoms with Gasteiger partial charge < -0.3 is 24.8 Å². The Morgan fingerprint density at radius 2 is 1.93 bits per heavy atom. The van der Waals surface area contributed by atoms with Crippen molar-refractivity contribution in [1.29, 1.82) is 0 Å². The van der Waals surface area contributed by atoms with Crippen LogP contribution < -0.4 is 20.1 Å². The molecule has 2 N–H and O–H groups in total. The summed E-state index contributed by atoms with van der Waals surface area (Å²) in [5.74, 6) is 2.91. The Labute approximate surface area is 182 Å². The summed E-state index contributed by atoms with van der Waals surface area (Å²) >= 11 is 0. The molecule has 0 bridgehead atoms. The van der Waals surface area contributed by atoms with Crippen molar-refractivity contribution < 1.29 is 14.2 Å². The van der Waals surface area contributed by atoms with Crippen LogP contribution in [0.25, 0.3) is 0 Å². The molecule has 2 rings (SSSR count). The zero-order valence-corrected chi connectivity index (χ0v) is 19.7. The molecule has 0 amide bonds. The van der Waals surface area contributed by atoms with E-state index in [1.807, 2.05) is 12.1 Å². The molecule has 0 aliphatic carbocycles. The monoisotopic (exact) mass is 419 g/mol. The second-order valence-corrected chi connectivity index (χ2v) is 9.00. The minimum absolute atomic E-state index is 0.145. The second-order valence-electron chi connectivity index (χ2n) is 9.00. The summed E-state index contributed by atoms with van der Waals surface area (Å²) in [7, 11) is 3.33.